The van der Waals surface area contributed by atoms with Gasteiger partial charge >= 0.3 is 0 Å². The van der Waals surface area contributed by atoms with Crippen molar-refractivity contribution in [2.24, 2.45) is 0 Å². The molecule has 1 rings (SSSR count). The molecule has 0 spiro atoms. The van der Waals surface area contributed by atoms with E-state index in [0.717, 1.165) is 13.1 Å². The van der Waals surface area contributed by atoms with E-state index >= 15 is 0 Å². The zero-order chi connectivity index (χ0) is 9.90. The standard InChI is InChI=1S/C11H22N2/c1-5-7-13-8-6-10(2)12-9-11(13,3)4/h5,10,12H,1,6-9H2,2-4H3. The van der Waals surface area contributed by atoms with E-state index in [1.165, 1.54) is 13.0 Å². The van der Waals surface area contributed by atoms with Crippen molar-refractivity contribution >= 4 is 0 Å². The molecule has 2 heteroatoms. The van der Waals surface area contributed by atoms with Gasteiger partial charge in [-0.2, -0.15) is 0 Å². The summed E-state index contributed by atoms with van der Waals surface area (Å²) in [6.07, 6.45) is 3.23. The van der Waals surface area contributed by atoms with E-state index in [1.807, 2.05) is 6.08 Å². The number of hydrogen-bond acceptors (Lipinski definition) is 2. The topological polar surface area (TPSA) is 15.3 Å². The average Bonchev–Trinajstić information content (AvgIpc) is 2.18. The zero-order valence-electron chi connectivity index (χ0n) is 9.14. The summed E-state index contributed by atoms with van der Waals surface area (Å²) < 4.78 is 0. The van der Waals surface area contributed by atoms with E-state index in [1.54, 1.807) is 0 Å². The van der Waals surface area contributed by atoms with Crippen LogP contribution in [-0.2, 0) is 0 Å². The van der Waals surface area contributed by atoms with Crippen molar-refractivity contribution in [3.05, 3.63) is 12.7 Å². The van der Waals surface area contributed by atoms with Gasteiger partial charge in [0.1, 0.15) is 0 Å². The maximum absolute atomic E-state index is 3.81. The van der Waals surface area contributed by atoms with Gasteiger partial charge in [0, 0.05) is 31.2 Å². The van der Waals surface area contributed by atoms with E-state index in [9.17, 15) is 0 Å². The minimum Gasteiger partial charge on any atom is -0.312 e. The Kier molecular flexibility index (Phi) is 3.51. The van der Waals surface area contributed by atoms with Crippen LogP contribution in [0, 0.1) is 0 Å². The Labute approximate surface area is 82.0 Å². The Morgan fingerprint density at radius 1 is 1.62 bits per heavy atom. The first kappa shape index (κ1) is 10.7. The normalized spacial score (nSPS) is 29.6. The first-order valence-electron chi connectivity index (χ1n) is 5.15. The highest BCUT2D eigenvalue weighted by molar-refractivity contribution is 4.91. The van der Waals surface area contributed by atoms with Gasteiger partial charge in [-0.15, -0.1) is 6.58 Å². The molecule has 1 N–H and O–H groups in total. The molecule has 0 aliphatic carbocycles. The molecule has 1 aliphatic heterocycles. The number of hydrogen-bond donors (Lipinski definition) is 1. The Balaban J connectivity index is 2.62. The van der Waals surface area contributed by atoms with Crippen LogP contribution in [0.2, 0.25) is 0 Å². The first-order valence-corrected chi connectivity index (χ1v) is 5.15. The highest BCUT2D eigenvalue weighted by Gasteiger charge is 2.28. The third-order valence-electron chi connectivity index (χ3n) is 2.92. The van der Waals surface area contributed by atoms with E-state index in [2.05, 4.69) is 37.6 Å². The molecule has 0 bridgehead atoms. The molecule has 1 atom stereocenters. The molecule has 1 unspecified atom stereocenters. The van der Waals surface area contributed by atoms with E-state index < -0.39 is 0 Å². The molecule has 1 saturated heterocycles. The molecule has 13 heavy (non-hydrogen) atoms. The van der Waals surface area contributed by atoms with Crippen LogP contribution in [0.3, 0.4) is 0 Å². The van der Waals surface area contributed by atoms with Crippen LogP contribution in [0.25, 0.3) is 0 Å². The van der Waals surface area contributed by atoms with Gasteiger partial charge in [-0.05, 0) is 27.2 Å². The molecular weight excluding hydrogens is 160 g/mol. The molecule has 0 aromatic heterocycles. The van der Waals surface area contributed by atoms with Crippen molar-refractivity contribution in [1.82, 2.24) is 10.2 Å². The lowest BCUT2D eigenvalue weighted by atomic mass is 10.0. The van der Waals surface area contributed by atoms with Gasteiger partial charge in [0.25, 0.3) is 0 Å². The van der Waals surface area contributed by atoms with Crippen molar-refractivity contribution in [3.63, 3.8) is 0 Å². The Morgan fingerprint density at radius 3 is 2.92 bits per heavy atom. The van der Waals surface area contributed by atoms with E-state index in [0.29, 0.717) is 6.04 Å². The summed E-state index contributed by atoms with van der Waals surface area (Å²) in [5.74, 6) is 0. The predicted molar refractivity (Wildman–Crippen MR) is 57.9 cm³/mol. The van der Waals surface area contributed by atoms with Gasteiger partial charge in [0.05, 0.1) is 0 Å². The third-order valence-corrected chi connectivity index (χ3v) is 2.92. The van der Waals surface area contributed by atoms with Gasteiger partial charge in [-0.25, -0.2) is 0 Å². The molecule has 0 radical (unpaired) electrons. The molecule has 0 aromatic carbocycles. The van der Waals surface area contributed by atoms with Crippen molar-refractivity contribution in [1.29, 1.82) is 0 Å². The van der Waals surface area contributed by atoms with Crippen molar-refractivity contribution < 1.29 is 0 Å². The van der Waals surface area contributed by atoms with Gasteiger partial charge in [-0.1, -0.05) is 6.08 Å². The van der Waals surface area contributed by atoms with Crippen molar-refractivity contribution in [3.8, 4) is 0 Å². The van der Waals surface area contributed by atoms with Gasteiger partial charge in [-0.3, -0.25) is 4.90 Å². The summed E-state index contributed by atoms with van der Waals surface area (Å²) in [6.45, 7) is 13.9. The lowest BCUT2D eigenvalue weighted by molar-refractivity contribution is 0.150. The maximum atomic E-state index is 3.81. The minimum absolute atomic E-state index is 0.263. The fourth-order valence-electron chi connectivity index (χ4n) is 1.78. The fraction of sp³-hybridized carbons (Fsp3) is 0.818. The van der Waals surface area contributed by atoms with E-state index in [-0.39, 0.29) is 5.54 Å². The molecule has 1 aliphatic rings. The fourth-order valence-corrected chi connectivity index (χ4v) is 1.78. The highest BCUT2D eigenvalue weighted by Crippen LogP contribution is 2.17. The van der Waals surface area contributed by atoms with Crippen LogP contribution >= 0.6 is 0 Å². The molecular formula is C11H22N2. The van der Waals surface area contributed by atoms with Crippen LogP contribution in [0.4, 0.5) is 0 Å². The Morgan fingerprint density at radius 2 is 2.31 bits per heavy atom. The number of nitrogens with one attached hydrogen (secondary N) is 1. The summed E-state index contributed by atoms with van der Waals surface area (Å²) in [5, 5.41) is 3.55. The first-order chi connectivity index (χ1) is 6.06. The highest BCUT2D eigenvalue weighted by atomic mass is 15.2. The summed E-state index contributed by atoms with van der Waals surface area (Å²) in [6, 6.07) is 0.647. The van der Waals surface area contributed by atoms with Gasteiger partial charge < -0.3 is 5.32 Å². The smallest absolute Gasteiger partial charge is 0.0281 e. The number of rotatable bonds is 2. The molecule has 1 fully saturated rings. The maximum Gasteiger partial charge on any atom is 0.0281 e. The second-order valence-electron chi connectivity index (χ2n) is 4.62. The molecule has 0 aromatic rings. The Hall–Kier alpha value is -0.340. The SMILES string of the molecule is C=CCN1CCC(C)NCC1(C)C. The molecule has 2 nitrogen and oxygen atoms in total. The quantitative estimate of drug-likeness (QED) is 0.653. The molecule has 0 amide bonds. The van der Waals surface area contributed by atoms with Crippen LogP contribution in [0.5, 0.6) is 0 Å². The summed E-state index contributed by atoms with van der Waals surface area (Å²) in [5.41, 5.74) is 0.263. The molecule has 0 saturated carbocycles. The lowest BCUT2D eigenvalue weighted by Gasteiger charge is -2.36. The lowest BCUT2D eigenvalue weighted by Crippen LogP contribution is -2.48. The summed E-state index contributed by atoms with van der Waals surface area (Å²) >= 11 is 0. The van der Waals surface area contributed by atoms with Crippen LogP contribution < -0.4 is 5.32 Å². The monoisotopic (exact) mass is 182 g/mol. The van der Waals surface area contributed by atoms with Crippen molar-refractivity contribution in [2.45, 2.75) is 38.8 Å². The molecule has 1 heterocycles. The zero-order valence-corrected chi connectivity index (χ0v) is 9.14. The van der Waals surface area contributed by atoms with Crippen LogP contribution in [0.1, 0.15) is 27.2 Å². The predicted octanol–water partition coefficient (Wildman–Crippen LogP) is 1.63. The van der Waals surface area contributed by atoms with Crippen molar-refractivity contribution in [2.75, 3.05) is 19.6 Å². The summed E-state index contributed by atoms with van der Waals surface area (Å²) in [7, 11) is 0. The Bertz CT molecular complexity index is 175. The van der Waals surface area contributed by atoms with Gasteiger partial charge in [0.15, 0.2) is 0 Å². The average molecular weight is 182 g/mol. The van der Waals surface area contributed by atoms with Crippen LogP contribution in [-0.4, -0.2) is 36.1 Å². The second kappa shape index (κ2) is 4.25. The van der Waals surface area contributed by atoms with Gasteiger partial charge in [0.2, 0.25) is 0 Å². The molecule has 76 valence electrons. The summed E-state index contributed by atoms with van der Waals surface area (Å²) in [4.78, 5) is 2.50. The largest absolute Gasteiger partial charge is 0.312 e. The second-order valence-corrected chi connectivity index (χ2v) is 4.62. The van der Waals surface area contributed by atoms with E-state index in [4.69, 9.17) is 0 Å². The minimum atomic E-state index is 0.263. The third kappa shape index (κ3) is 2.82. The van der Waals surface area contributed by atoms with Crippen LogP contribution in [0.15, 0.2) is 12.7 Å². The number of nitrogens with zero attached hydrogens (tertiary/aromatic N) is 1.